The summed E-state index contributed by atoms with van der Waals surface area (Å²) in [6, 6.07) is 12.9. The van der Waals surface area contributed by atoms with Crippen LogP contribution in [0.3, 0.4) is 0 Å². The lowest BCUT2D eigenvalue weighted by Gasteiger charge is -2.40. The summed E-state index contributed by atoms with van der Waals surface area (Å²) in [4.78, 5) is 21.2. The van der Waals surface area contributed by atoms with E-state index < -0.39 is 11.8 Å². The number of amides is 2. The molecule has 1 aliphatic rings. The number of allylic oxidation sites excluding steroid dienone is 5. The number of ether oxygens (including phenoxy) is 1. The molecule has 8 heteroatoms. The number of methoxy groups -OCH3 is 1. The molecule has 0 saturated carbocycles. The summed E-state index contributed by atoms with van der Waals surface area (Å²) in [6.45, 7) is 12.4. The summed E-state index contributed by atoms with van der Waals surface area (Å²) in [5, 5.41) is 12.2. The van der Waals surface area contributed by atoms with E-state index in [2.05, 4.69) is 36.8 Å². The fourth-order valence-corrected chi connectivity index (χ4v) is 3.86. The number of nitriles is 1. The Hall–Kier alpha value is -4.64. The van der Waals surface area contributed by atoms with E-state index in [0.29, 0.717) is 28.5 Å². The van der Waals surface area contributed by atoms with Crippen LogP contribution in [0.5, 0.6) is 5.75 Å². The second-order valence-corrected chi connectivity index (χ2v) is 8.77. The Morgan fingerprint density at radius 3 is 2.53 bits per heavy atom. The Morgan fingerprint density at radius 1 is 1.21 bits per heavy atom. The minimum atomic E-state index is -0.594. The van der Waals surface area contributed by atoms with Gasteiger partial charge in [-0.25, -0.2) is 19.1 Å². The van der Waals surface area contributed by atoms with Crippen LogP contribution in [0, 0.1) is 17.1 Å². The van der Waals surface area contributed by atoms with Gasteiger partial charge >= 0.3 is 6.03 Å². The van der Waals surface area contributed by atoms with Crippen molar-refractivity contribution >= 4 is 17.7 Å². The minimum Gasteiger partial charge on any atom is -0.497 e. The zero-order chi connectivity index (χ0) is 27.8. The first-order chi connectivity index (χ1) is 18.2. The molecule has 0 radical (unpaired) electrons. The smallest absolute Gasteiger partial charge is 0.334 e. The van der Waals surface area contributed by atoms with Crippen molar-refractivity contribution in [2.75, 3.05) is 7.11 Å². The maximum absolute atomic E-state index is 14.0. The summed E-state index contributed by atoms with van der Waals surface area (Å²) in [6.07, 6.45) is 6.75. The maximum Gasteiger partial charge on any atom is 0.334 e. The van der Waals surface area contributed by atoms with Gasteiger partial charge in [-0.15, -0.1) is 0 Å². The maximum atomic E-state index is 14.0. The summed E-state index contributed by atoms with van der Waals surface area (Å²) >= 11 is 0. The summed E-state index contributed by atoms with van der Waals surface area (Å²) in [7, 11) is 1.58. The highest BCUT2D eigenvalue weighted by molar-refractivity contribution is 6.02. The third-order valence-electron chi connectivity index (χ3n) is 6.01. The number of carbonyl (C=O) groups is 1. The third-order valence-corrected chi connectivity index (χ3v) is 6.01. The van der Waals surface area contributed by atoms with Crippen LogP contribution in [0.2, 0.25) is 0 Å². The predicted molar refractivity (Wildman–Crippen MR) is 148 cm³/mol. The number of nitrogens with one attached hydrogen (secondary N) is 1. The number of benzene rings is 2. The molecule has 0 bridgehead atoms. The molecule has 1 N–H and O–H groups in total. The first-order valence-corrected chi connectivity index (χ1v) is 12.2. The molecule has 0 atom stereocenters. The molecule has 1 fully saturated rings. The lowest BCUT2D eigenvalue weighted by molar-refractivity contribution is 0.206. The molecule has 2 aromatic rings. The molecule has 2 aromatic carbocycles. The lowest BCUT2D eigenvalue weighted by atomic mass is 10.1. The van der Waals surface area contributed by atoms with Crippen molar-refractivity contribution in [3.8, 4) is 11.8 Å². The van der Waals surface area contributed by atoms with Crippen LogP contribution in [0.25, 0.3) is 0 Å². The van der Waals surface area contributed by atoms with Gasteiger partial charge in [0.25, 0.3) is 0 Å². The number of halogens is 1. The molecule has 1 heterocycles. The molecule has 38 heavy (non-hydrogen) atoms. The molecule has 1 aliphatic heterocycles. The van der Waals surface area contributed by atoms with Gasteiger partial charge in [0.2, 0.25) is 5.96 Å². The highest BCUT2D eigenvalue weighted by Crippen LogP contribution is 2.27. The van der Waals surface area contributed by atoms with Gasteiger partial charge in [-0.2, -0.15) is 5.26 Å². The quantitative estimate of drug-likeness (QED) is 0.390. The Morgan fingerprint density at radius 2 is 1.92 bits per heavy atom. The highest BCUT2D eigenvalue weighted by Gasteiger charge is 2.33. The van der Waals surface area contributed by atoms with Crippen molar-refractivity contribution in [2.24, 2.45) is 4.99 Å². The molecule has 1 saturated heterocycles. The average molecular weight is 514 g/mol. The molecule has 2 amide bonds. The molecule has 7 nitrogen and oxygen atoms in total. The average Bonchev–Trinajstić information content (AvgIpc) is 2.91. The van der Waals surface area contributed by atoms with E-state index in [1.165, 1.54) is 22.6 Å². The van der Waals surface area contributed by atoms with Crippen LogP contribution in [0.4, 0.5) is 14.9 Å². The van der Waals surface area contributed by atoms with Gasteiger partial charge in [-0.1, -0.05) is 37.3 Å². The highest BCUT2D eigenvalue weighted by atomic mass is 19.1. The van der Waals surface area contributed by atoms with Gasteiger partial charge in [0, 0.05) is 5.70 Å². The molecule has 0 aromatic heterocycles. The zero-order valence-electron chi connectivity index (χ0n) is 22.4. The van der Waals surface area contributed by atoms with Crippen molar-refractivity contribution in [1.82, 2.24) is 15.1 Å². The molecule has 196 valence electrons. The fraction of sp³-hybridized carbons (Fsp3) is 0.233. The van der Waals surface area contributed by atoms with Crippen LogP contribution < -0.4 is 10.1 Å². The summed E-state index contributed by atoms with van der Waals surface area (Å²) in [5.74, 6) is 0.694. The van der Waals surface area contributed by atoms with Gasteiger partial charge in [-0.05, 0) is 80.8 Å². The van der Waals surface area contributed by atoms with Crippen molar-refractivity contribution < 1.29 is 13.9 Å². The molecule has 0 unspecified atom stereocenters. The van der Waals surface area contributed by atoms with E-state index in [1.54, 1.807) is 42.3 Å². The van der Waals surface area contributed by atoms with E-state index in [0.717, 1.165) is 12.0 Å². The Labute approximate surface area is 223 Å². The van der Waals surface area contributed by atoms with Gasteiger partial charge in [0.1, 0.15) is 23.5 Å². The van der Waals surface area contributed by atoms with Crippen LogP contribution in [-0.2, 0) is 6.54 Å². The number of aliphatic imine (C=N–C) groups is 1. The predicted octanol–water partition coefficient (Wildman–Crippen LogP) is 6.90. The normalized spacial score (nSPS) is 16.0. The zero-order valence-corrected chi connectivity index (χ0v) is 22.4. The molecular weight excluding hydrogens is 481 g/mol. The van der Waals surface area contributed by atoms with Crippen LogP contribution in [0.15, 0.2) is 94.9 Å². The van der Waals surface area contributed by atoms with Gasteiger partial charge in [-0.3, -0.25) is 10.2 Å². The van der Waals surface area contributed by atoms with Gasteiger partial charge in [0.05, 0.1) is 24.9 Å². The number of rotatable bonds is 8. The second kappa shape index (κ2) is 12.5. The molecule has 0 aliphatic carbocycles. The number of hydrogen-bond acceptors (Lipinski definition) is 4. The Bertz CT molecular complexity index is 1380. The van der Waals surface area contributed by atoms with E-state index in [9.17, 15) is 14.4 Å². The Balaban J connectivity index is 2.05. The van der Waals surface area contributed by atoms with E-state index in [1.807, 2.05) is 32.1 Å². The summed E-state index contributed by atoms with van der Waals surface area (Å²) < 4.78 is 19.2. The number of carbonyl (C=O) groups excluding carboxylic acids is 1. The largest absolute Gasteiger partial charge is 0.497 e. The van der Waals surface area contributed by atoms with Crippen LogP contribution in [0.1, 0.15) is 45.2 Å². The number of nitrogens with zero attached hydrogens (tertiary/aromatic N) is 4. The minimum absolute atomic E-state index is 0.0644. The van der Waals surface area contributed by atoms with E-state index in [4.69, 9.17) is 4.74 Å². The van der Waals surface area contributed by atoms with Crippen molar-refractivity contribution in [3.63, 3.8) is 0 Å². The van der Waals surface area contributed by atoms with E-state index >= 15 is 0 Å². The van der Waals surface area contributed by atoms with E-state index in [-0.39, 0.29) is 18.1 Å². The monoisotopic (exact) mass is 513 g/mol. The summed E-state index contributed by atoms with van der Waals surface area (Å²) in [5.41, 5.74) is 4.01. The number of guanidine groups is 1. The number of urea groups is 1. The lowest BCUT2D eigenvalue weighted by Crippen LogP contribution is -2.57. The SMILES string of the molecule is C=C1N(Cc2ccc(F)c(C#N)c2)C(=Nc2ccc(OC)cc2)NC(=O)N1C(/C=C(C)\C=C(/C)CC)=C/C. The first kappa shape index (κ1) is 27.9. The van der Waals surface area contributed by atoms with Crippen LogP contribution in [-0.4, -0.2) is 28.9 Å². The Kier molecular flexibility index (Phi) is 9.23. The van der Waals surface area contributed by atoms with Crippen molar-refractivity contribution in [2.45, 2.75) is 40.7 Å². The second-order valence-electron chi connectivity index (χ2n) is 8.77. The fourth-order valence-electron chi connectivity index (χ4n) is 3.86. The van der Waals surface area contributed by atoms with Gasteiger partial charge < -0.3 is 4.74 Å². The van der Waals surface area contributed by atoms with Crippen molar-refractivity contribution in [1.29, 1.82) is 5.26 Å². The topological polar surface area (TPSA) is 81.0 Å². The van der Waals surface area contributed by atoms with Crippen LogP contribution >= 0.6 is 0 Å². The van der Waals surface area contributed by atoms with Crippen molar-refractivity contribution in [3.05, 3.63) is 107 Å². The third kappa shape index (κ3) is 6.56. The molecule has 0 spiro atoms. The molecule has 3 rings (SSSR count). The molecular formula is C30H32FN5O2. The standard InChI is InChI=1S/C30H32FN5O2/c1-7-20(3)15-21(4)16-26(8-2)36-22(5)35(19-23-9-14-28(31)24(17-23)18-32)29(34-30(36)37)33-25-10-12-27(38-6)13-11-25/h8-17H,5,7,19H2,1-4,6H3,(H,33,34,37)/b20-15+,21-16-,26-8+. The first-order valence-electron chi connectivity index (χ1n) is 12.2. The van der Waals surface area contributed by atoms with Gasteiger partial charge in [0.15, 0.2) is 0 Å². The number of hydrogen-bond donors (Lipinski definition) is 1.